The van der Waals surface area contributed by atoms with Gasteiger partial charge in [0.2, 0.25) is 0 Å². The normalized spacial score (nSPS) is 11.1. The third-order valence-corrected chi connectivity index (χ3v) is 6.61. The van der Waals surface area contributed by atoms with E-state index in [4.69, 9.17) is 16.3 Å². The molecule has 0 spiro atoms. The largest absolute Gasteiger partial charge is 0.478 e. The Kier molecular flexibility index (Phi) is 5.17. The second-order valence-electron chi connectivity index (χ2n) is 7.31. The van der Waals surface area contributed by atoms with Crippen LogP contribution in [0.2, 0.25) is 5.02 Å². The highest BCUT2D eigenvalue weighted by Crippen LogP contribution is 2.39. The number of hydrogen-bond acceptors (Lipinski definition) is 4. The Morgan fingerprint density at radius 3 is 2.59 bits per heavy atom. The number of imidazole rings is 1. The van der Waals surface area contributed by atoms with Crippen molar-refractivity contribution in [3.63, 3.8) is 0 Å². The van der Waals surface area contributed by atoms with Gasteiger partial charge in [-0.1, -0.05) is 48.0 Å². The molecule has 0 saturated carbocycles. The lowest BCUT2D eigenvalue weighted by molar-refractivity contribution is 0.0695. The van der Waals surface area contributed by atoms with Crippen molar-refractivity contribution >= 4 is 39.9 Å². The van der Waals surface area contributed by atoms with E-state index in [1.807, 2.05) is 30.3 Å². The van der Waals surface area contributed by atoms with Crippen LogP contribution in [0.25, 0.3) is 31.9 Å². The Balaban J connectivity index is 1.47. The van der Waals surface area contributed by atoms with Crippen LogP contribution in [0.1, 0.15) is 15.9 Å². The minimum Gasteiger partial charge on any atom is -0.478 e. The number of aromatic nitrogens is 2. The van der Waals surface area contributed by atoms with Gasteiger partial charge in [0.25, 0.3) is 6.01 Å². The number of carboxylic acids is 1. The van der Waals surface area contributed by atoms with Crippen LogP contribution < -0.4 is 4.74 Å². The molecule has 0 fully saturated rings. The number of aryl methyl sites for hydroxylation is 1. The van der Waals surface area contributed by atoms with Gasteiger partial charge < -0.3 is 14.8 Å². The maximum Gasteiger partial charge on any atom is 0.336 e. The number of halogens is 1. The van der Waals surface area contributed by atoms with Crippen LogP contribution in [0.5, 0.6) is 11.8 Å². The number of benzene rings is 3. The summed E-state index contributed by atoms with van der Waals surface area (Å²) >= 11 is 8.26. The highest BCUT2D eigenvalue weighted by molar-refractivity contribution is 7.18. The molecule has 5 rings (SSSR count). The van der Waals surface area contributed by atoms with Gasteiger partial charge in [-0.3, -0.25) is 0 Å². The summed E-state index contributed by atoms with van der Waals surface area (Å²) < 4.78 is 5.79. The number of nitrogens with zero attached hydrogens (tertiary/aromatic N) is 1. The number of ether oxygens (including phenoxy) is 1. The lowest BCUT2D eigenvalue weighted by Crippen LogP contribution is -2.00. The van der Waals surface area contributed by atoms with E-state index in [2.05, 4.69) is 34.2 Å². The van der Waals surface area contributed by atoms with E-state index in [0.717, 1.165) is 26.4 Å². The van der Waals surface area contributed by atoms with E-state index in [9.17, 15) is 9.90 Å². The molecule has 0 saturated heterocycles. The number of rotatable bonds is 5. The Morgan fingerprint density at radius 1 is 1.03 bits per heavy atom. The van der Waals surface area contributed by atoms with Crippen LogP contribution in [-0.2, 0) is 0 Å². The maximum atomic E-state index is 11.4. The summed E-state index contributed by atoms with van der Waals surface area (Å²) in [4.78, 5) is 21.2. The number of carboxylic acid groups (broad SMARTS) is 1. The van der Waals surface area contributed by atoms with Gasteiger partial charge in [-0.2, -0.15) is 4.98 Å². The Bertz CT molecular complexity index is 1460. The third-order valence-electron chi connectivity index (χ3n) is 5.13. The van der Waals surface area contributed by atoms with Crippen LogP contribution in [0.3, 0.4) is 0 Å². The van der Waals surface area contributed by atoms with Gasteiger partial charge in [-0.05, 0) is 54.4 Å². The van der Waals surface area contributed by atoms with E-state index >= 15 is 0 Å². The fraction of sp³-hybridized carbons (Fsp3) is 0.0400. The third kappa shape index (κ3) is 3.86. The van der Waals surface area contributed by atoms with Crippen molar-refractivity contribution in [2.45, 2.75) is 6.92 Å². The molecule has 2 aromatic heterocycles. The summed E-state index contributed by atoms with van der Waals surface area (Å²) in [6.45, 7) is 1.74. The van der Waals surface area contributed by atoms with Crippen molar-refractivity contribution in [1.82, 2.24) is 9.97 Å². The first-order valence-corrected chi connectivity index (χ1v) is 11.0. The number of aromatic carboxylic acids is 1. The van der Waals surface area contributed by atoms with Gasteiger partial charge in [-0.15, -0.1) is 11.3 Å². The fourth-order valence-corrected chi connectivity index (χ4v) is 4.85. The zero-order chi connectivity index (χ0) is 22.2. The Labute approximate surface area is 192 Å². The van der Waals surface area contributed by atoms with Crippen molar-refractivity contribution in [2.75, 3.05) is 0 Å². The number of nitrogens with one attached hydrogen (secondary N) is 1. The zero-order valence-electron chi connectivity index (χ0n) is 16.9. The second kappa shape index (κ2) is 8.15. The zero-order valence-corrected chi connectivity index (χ0v) is 18.5. The summed E-state index contributed by atoms with van der Waals surface area (Å²) in [6.07, 6.45) is 0. The molecule has 0 aliphatic carbocycles. The van der Waals surface area contributed by atoms with E-state index in [1.165, 1.54) is 6.07 Å². The van der Waals surface area contributed by atoms with Crippen LogP contribution in [-0.4, -0.2) is 21.0 Å². The van der Waals surface area contributed by atoms with Gasteiger partial charge in [0.15, 0.2) is 0 Å². The first-order valence-electron chi connectivity index (χ1n) is 9.84. The fourth-order valence-electron chi connectivity index (χ4n) is 3.49. The second-order valence-corrected chi connectivity index (χ2v) is 8.80. The van der Waals surface area contributed by atoms with Crippen molar-refractivity contribution < 1.29 is 14.6 Å². The Morgan fingerprint density at radius 2 is 1.81 bits per heavy atom. The molecule has 7 heteroatoms. The SMILES string of the molecule is Cc1ccc(Oc2nc3cc(-c4ccc(-c5ccccc5)s4)c(Cl)cc3[nH]2)cc1C(=O)O. The summed E-state index contributed by atoms with van der Waals surface area (Å²) in [5.41, 5.74) is 4.36. The first kappa shape index (κ1) is 20.3. The van der Waals surface area contributed by atoms with Crippen molar-refractivity contribution in [3.8, 4) is 32.6 Å². The number of H-pyrrole nitrogens is 1. The van der Waals surface area contributed by atoms with Crippen molar-refractivity contribution in [3.05, 3.63) is 88.9 Å². The van der Waals surface area contributed by atoms with Crippen LogP contribution in [0, 0.1) is 6.92 Å². The minimum atomic E-state index is -1.00. The predicted molar refractivity (Wildman–Crippen MR) is 128 cm³/mol. The van der Waals surface area contributed by atoms with Gasteiger partial charge >= 0.3 is 5.97 Å². The molecule has 0 aliphatic heterocycles. The number of fused-ring (bicyclic) bond motifs is 1. The molecular weight excluding hydrogens is 444 g/mol. The van der Waals surface area contributed by atoms with Gasteiger partial charge in [0.1, 0.15) is 5.75 Å². The van der Waals surface area contributed by atoms with E-state index in [0.29, 0.717) is 21.9 Å². The summed E-state index contributed by atoms with van der Waals surface area (Å²) in [5, 5.41) is 9.93. The monoisotopic (exact) mass is 460 g/mol. The highest BCUT2D eigenvalue weighted by Gasteiger charge is 2.14. The molecule has 0 atom stereocenters. The molecule has 2 heterocycles. The predicted octanol–water partition coefficient (Wildman–Crippen LogP) is 7.41. The first-order chi connectivity index (χ1) is 15.5. The molecule has 0 amide bonds. The van der Waals surface area contributed by atoms with Gasteiger partial charge in [-0.25, -0.2) is 4.79 Å². The van der Waals surface area contributed by atoms with Crippen LogP contribution in [0.4, 0.5) is 0 Å². The number of aromatic amines is 1. The molecule has 32 heavy (non-hydrogen) atoms. The summed E-state index contributed by atoms with van der Waals surface area (Å²) in [5.74, 6) is -0.607. The molecule has 0 unspecified atom stereocenters. The van der Waals surface area contributed by atoms with Crippen molar-refractivity contribution in [2.24, 2.45) is 0 Å². The molecule has 2 N–H and O–H groups in total. The maximum absolute atomic E-state index is 11.4. The minimum absolute atomic E-state index is 0.191. The molecule has 5 nitrogen and oxygen atoms in total. The van der Waals surface area contributed by atoms with Gasteiger partial charge in [0, 0.05) is 15.3 Å². The number of thiophene rings is 1. The quantitative estimate of drug-likeness (QED) is 0.286. The molecular formula is C25H17ClN2O3S. The highest BCUT2D eigenvalue weighted by atomic mass is 35.5. The number of carbonyl (C=O) groups is 1. The smallest absolute Gasteiger partial charge is 0.336 e. The molecule has 3 aromatic carbocycles. The lowest BCUT2D eigenvalue weighted by Gasteiger charge is -2.05. The van der Waals surface area contributed by atoms with E-state index < -0.39 is 5.97 Å². The summed E-state index contributed by atoms with van der Waals surface area (Å²) in [7, 11) is 0. The average Bonchev–Trinajstić information content (AvgIpc) is 3.41. The standard InChI is InChI=1S/C25H17ClN2O3S/c1-14-7-8-16(11-17(14)24(29)30)31-25-27-20-12-18(19(26)13-21(20)28-25)23-10-9-22(32-23)15-5-3-2-4-6-15/h2-13H,1H3,(H,27,28)(H,29,30). The summed E-state index contributed by atoms with van der Waals surface area (Å²) in [6, 6.07) is 23.3. The van der Waals surface area contributed by atoms with E-state index in [1.54, 1.807) is 30.4 Å². The van der Waals surface area contributed by atoms with Crippen LogP contribution in [0.15, 0.2) is 72.8 Å². The molecule has 5 aromatic rings. The topological polar surface area (TPSA) is 75.2 Å². The van der Waals surface area contributed by atoms with E-state index in [-0.39, 0.29) is 11.6 Å². The van der Waals surface area contributed by atoms with Crippen molar-refractivity contribution in [1.29, 1.82) is 0 Å². The molecule has 0 aliphatic rings. The molecule has 0 bridgehead atoms. The lowest BCUT2D eigenvalue weighted by atomic mass is 10.1. The Hall–Kier alpha value is -3.61. The van der Waals surface area contributed by atoms with Gasteiger partial charge in [0.05, 0.1) is 21.6 Å². The average molecular weight is 461 g/mol. The van der Waals surface area contributed by atoms with Crippen LogP contribution >= 0.6 is 22.9 Å². The molecule has 158 valence electrons. The molecule has 0 radical (unpaired) electrons. The number of hydrogen-bond donors (Lipinski definition) is 2.